The van der Waals surface area contributed by atoms with Crippen LogP contribution in [0.2, 0.25) is 0 Å². The van der Waals surface area contributed by atoms with Crippen molar-refractivity contribution in [2.75, 3.05) is 13.2 Å². The number of furan rings is 1. The summed E-state index contributed by atoms with van der Waals surface area (Å²) in [5, 5.41) is 2.78. The molecule has 3 rings (SSSR count). The molecule has 7 nitrogen and oxygen atoms in total. The van der Waals surface area contributed by atoms with Gasteiger partial charge in [0.25, 0.3) is 0 Å². The maximum Gasteiger partial charge on any atom is 0.244 e. The standard InChI is InChI=1S/C19H22N2O5S/c22-19(20-13-16-5-4-12-25-16)11-10-15-8-9-17(26-15)14-21-27(23,24)18-6-2-1-3-7-18/h1-3,6-11,16,21H,4-5,12-14H2,(H,20,22)/b11-10+/t16-/m1/s1. The van der Waals surface area contributed by atoms with Crippen LogP contribution in [-0.4, -0.2) is 33.6 Å². The van der Waals surface area contributed by atoms with Gasteiger partial charge in [-0.25, -0.2) is 13.1 Å². The summed E-state index contributed by atoms with van der Waals surface area (Å²) in [4.78, 5) is 12.0. The van der Waals surface area contributed by atoms with Crippen molar-refractivity contribution >= 4 is 22.0 Å². The fraction of sp³-hybridized carbons (Fsp3) is 0.316. The van der Waals surface area contributed by atoms with Crippen LogP contribution >= 0.6 is 0 Å². The van der Waals surface area contributed by atoms with Crippen LogP contribution in [0.15, 0.2) is 57.9 Å². The number of carbonyl (C=O) groups excluding carboxylic acids is 1. The van der Waals surface area contributed by atoms with Crippen LogP contribution in [0.25, 0.3) is 6.08 Å². The molecule has 2 aromatic rings. The number of rotatable bonds is 8. The van der Waals surface area contributed by atoms with Crippen molar-refractivity contribution in [2.45, 2.75) is 30.4 Å². The minimum atomic E-state index is -3.59. The molecule has 0 saturated carbocycles. The van der Waals surface area contributed by atoms with E-state index < -0.39 is 10.0 Å². The lowest BCUT2D eigenvalue weighted by atomic mass is 10.2. The van der Waals surface area contributed by atoms with Gasteiger partial charge in [0.05, 0.1) is 17.5 Å². The topological polar surface area (TPSA) is 97.6 Å². The Bertz CT molecular complexity index is 884. The van der Waals surface area contributed by atoms with Crippen molar-refractivity contribution in [3.8, 4) is 0 Å². The van der Waals surface area contributed by atoms with Crippen molar-refractivity contribution in [2.24, 2.45) is 0 Å². The normalized spacial score (nSPS) is 17.4. The summed E-state index contributed by atoms with van der Waals surface area (Å²) in [7, 11) is -3.59. The van der Waals surface area contributed by atoms with Crippen molar-refractivity contribution < 1.29 is 22.4 Å². The van der Waals surface area contributed by atoms with Gasteiger partial charge in [-0.3, -0.25) is 4.79 Å². The lowest BCUT2D eigenvalue weighted by molar-refractivity contribution is -0.116. The molecule has 1 fully saturated rings. The van der Waals surface area contributed by atoms with Gasteiger partial charge in [0.1, 0.15) is 11.5 Å². The Kier molecular flexibility index (Phi) is 6.44. The average Bonchev–Trinajstić information content (AvgIpc) is 3.36. The third kappa shape index (κ3) is 5.78. The van der Waals surface area contributed by atoms with E-state index in [1.165, 1.54) is 18.2 Å². The number of hydrogen-bond acceptors (Lipinski definition) is 5. The van der Waals surface area contributed by atoms with E-state index in [-0.39, 0.29) is 23.5 Å². The van der Waals surface area contributed by atoms with E-state index in [4.69, 9.17) is 9.15 Å². The molecule has 0 aliphatic carbocycles. The Morgan fingerprint density at radius 1 is 1.19 bits per heavy atom. The molecule has 1 aliphatic heterocycles. The highest BCUT2D eigenvalue weighted by molar-refractivity contribution is 7.89. The van der Waals surface area contributed by atoms with Crippen molar-refractivity contribution in [1.29, 1.82) is 0 Å². The van der Waals surface area contributed by atoms with Crippen molar-refractivity contribution in [3.63, 3.8) is 0 Å². The van der Waals surface area contributed by atoms with Gasteiger partial charge < -0.3 is 14.5 Å². The average molecular weight is 390 g/mol. The predicted octanol–water partition coefficient (Wildman–Crippen LogP) is 2.07. The van der Waals surface area contributed by atoms with Crippen LogP contribution < -0.4 is 10.0 Å². The molecule has 1 aromatic carbocycles. The van der Waals surface area contributed by atoms with Gasteiger partial charge in [0.15, 0.2) is 0 Å². The zero-order chi connectivity index (χ0) is 19.1. The zero-order valence-electron chi connectivity index (χ0n) is 14.8. The van der Waals surface area contributed by atoms with Gasteiger partial charge >= 0.3 is 0 Å². The Labute approximate surface area is 158 Å². The van der Waals surface area contributed by atoms with E-state index in [1.807, 2.05) is 0 Å². The maximum absolute atomic E-state index is 12.2. The number of hydrogen-bond donors (Lipinski definition) is 2. The molecule has 0 radical (unpaired) electrons. The van der Waals surface area contributed by atoms with Crippen molar-refractivity contribution in [1.82, 2.24) is 10.0 Å². The molecule has 2 N–H and O–H groups in total. The van der Waals surface area contributed by atoms with Crippen molar-refractivity contribution in [3.05, 3.63) is 60.1 Å². The molecule has 0 unspecified atom stereocenters. The monoisotopic (exact) mass is 390 g/mol. The predicted molar refractivity (Wildman–Crippen MR) is 100 cm³/mol. The molecule has 1 aromatic heterocycles. The van der Waals surface area contributed by atoms with Crippen LogP contribution in [0.5, 0.6) is 0 Å². The first kappa shape index (κ1) is 19.3. The number of sulfonamides is 1. The summed E-state index contributed by atoms with van der Waals surface area (Å²) >= 11 is 0. The van der Waals surface area contributed by atoms with Gasteiger partial charge in [0.2, 0.25) is 15.9 Å². The van der Waals surface area contributed by atoms with Crippen LogP contribution in [0.4, 0.5) is 0 Å². The van der Waals surface area contributed by atoms with E-state index in [0.29, 0.717) is 18.1 Å². The van der Waals surface area contributed by atoms with E-state index >= 15 is 0 Å². The molecule has 1 aliphatic rings. The fourth-order valence-corrected chi connectivity index (χ4v) is 3.68. The second-order valence-corrected chi connectivity index (χ2v) is 7.92. The zero-order valence-corrected chi connectivity index (χ0v) is 15.6. The van der Waals surface area contributed by atoms with E-state index in [0.717, 1.165) is 19.4 Å². The molecule has 0 spiro atoms. The SMILES string of the molecule is O=C(/C=C/c1ccc(CNS(=O)(=O)c2ccccc2)o1)NC[C@H]1CCCO1. The fourth-order valence-electron chi connectivity index (χ4n) is 2.66. The highest BCUT2D eigenvalue weighted by Crippen LogP contribution is 2.13. The van der Waals surface area contributed by atoms with Gasteiger partial charge in [-0.15, -0.1) is 0 Å². The molecule has 8 heteroatoms. The third-order valence-electron chi connectivity index (χ3n) is 4.10. The Balaban J connectivity index is 1.48. The van der Waals surface area contributed by atoms with Gasteiger partial charge in [-0.2, -0.15) is 0 Å². The molecule has 1 atom stereocenters. The largest absolute Gasteiger partial charge is 0.460 e. The first-order valence-electron chi connectivity index (χ1n) is 8.74. The summed E-state index contributed by atoms with van der Waals surface area (Å²) in [5.41, 5.74) is 0. The molecule has 27 heavy (non-hydrogen) atoms. The van der Waals surface area contributed by atoms with Crippen LogP contribution in [0, 0.1) is 0 Å². The molecule has 1 saturated heterocycles. The van der Waals surface area contributed by atoms with Crippen LogP contribution in [0.3, 0.4) is 0 Å². The Hall–Kier alpha value is -2.42. The van der Waals surface area contributed by atoms with E-state index in [1.54, 1.807) is 36.4 Å². The minimum absolute atomic E-state index is 0.0241. The van der Waals surface area contributed by atoms with Crippen LogP contribution in [-0.2, 0) is 26.1 Å². The summed E-state index contributed by atoms with van der Waals surface area (Å²) < 4.78 is 37.8. The van der Waals surface area contributed by atoms with E-state index in [2.05, 4.69) is 10.0 Å². The van der Waals surface area contributed by atoms with Gasteiger partial charge in [0, 0.05) is 19.2 Å². The quantitative estimate of drug-likeness (QED) is 0.673. The Morgan fingerprint density at radius 2 is 2.00 bits per heavy atom. The number of nitrogens with one attached hydrogen (secondary N) is 2. The first-order valence-corrected chi connectivity index (χ1v) is 10.2. The molecular weight excluding hydrogens is 368 g/mol. The van der Waals surface area contributed by atoms with Gasteiger partial charge in [-0.05, 0) is 43.2 Å². The van der Waals surface area contributed by atoms with Crippen LogP contribution in [0.1, 0.15) is 24.4 Å². The lowest BCUT2D eigenvalue weighted by Gasteiger charge is -2.08. The summed E-state index contributed by atoms with van der Waals surface area (Å²) in [6.07, 6.45) is 5.01. The molecule has 1 amide bonds. The van der Waals surface area contributed by atoms with E-state index in [9.17, 15) is 13.2 Å². The highest BCUT2D eigenvalue weighted by Gasteiger charge is 2.16. The number of ether oxygens (including phenoxy) is 1. The molecule has 0 bridgehead atoms. The highest BCUT2D eigenvalue weighted by atomic mass is 32.2. The summed E-state index contributed by atoms with van der Waals surface area (Å²) in [6.45, 7) is 1.27. The lowest BCUT2D eigenvalue weighted by Crippen LogP contribution is -2.30. The number of benzene rings is 1. The second-order valence-electron chi connectivity index (χ2n) is 6.16. The molecular formula is C19H22N2O5S. The number of carbonyl (C=O) groups is 1. The number of amides is 1. The van der Waals surface area contributed by atoms with Gasteiger partial charge in [-0.1, -0.05) is 18.2 Å². The molecule has 2 heterocycles. The molecule has 144 valence electrons. The smallest absolute Gasteiger partial charge is 0.244 e. The maximum atomic E-state index is 12.2. The summed E-state index contributed by atoms with van der Waals surface area (Å²) in [5.74, 6) is 0.693. The second kappa shape index (κ2) is 8.98. The minimum Gasteiger partial charge on any atom is -0.460 e. The summed E-state index contributed by atoms with van der Waals surface area (Å²) in [6, 6.07) is 11.5. The Morgan fingerprint density at radius 3 is 2.74 bits per heavy atom. The first-order chi connectivity index (χ1) is 13.0. The third-order valence-corrected chi connectivity index (χ3v) is 5.52.